The fourth-order valence-corrected chi connectivity index (χ4v) is 3.44. The minimum absolute atomic E-state index is 0.0253. The van der Waals surface area contributed by atoms with Gasteiger partial charge in [0.05, 0.1) is 0 Å². The summed E-state index contributed by atoms with van der Waals surface area (Å²) in [4.78, 5) is 41.2. The second-order valence-electron chi connectivity index (χ2n) is 7.17. The summed E-state index contributed by atoms with van der Waals surface area (Å²) in [5.41, 5.74) is 1.75. The van der Waals surface area contributed by atoms with E-state index in [2.05, 4.69) is 15.0 Å². The molecule has 0 radical (unpaired) electrons. The van der Waals surface area contributed by atoms with Gasteiger partial charge in [-0.05, 0) is 50.3 Å². The smallest absolute Gasteiger partial charge is 0.272 e. The molecule has 2 aromatic rings. The minimum atomic E-state index is -0.127. The number of rotatable bonds is 4. The van der Waals surface area contributed by atoms with Crippen molar-refractivity contribution in [3.63, 3.8) is 0 Å². The summed E-state index contributed by atoms with van der Waals surface area (Å²) >= 11 is 0. The first-order valence-electron chi connectivity index (χ1n) is 9.20. The Balaban J connectivity index is 1.71. The first-order chi connectivity index (χ1) is 12.9. The summed E-state index contributed by atoms with van der Waals surface area (Å²) in [5, 5.41) is 0. The molecule has 3 heterocycles. The Morgan fingerprint density at radius 3 is 2.74 bits per heavy atom. The molecule has 7 heteroatoms. The van der Waals surface area contributed by atoms with E-state index < -0.39 is 0 Å². The SMILES string of the molecule is Cc1nc(C[C@@H]2CCCN(C(=O)c3ccccn3)C2)cc(C(=O)N(C)C)n1. The van der Waals surface area contributed by atoms with E-state index in [4.69, 9.17) is 0 Å². The van der Waals surface area contributed by atoms with E-state index in [0.717, 1.165) is 31.5 Å². The predicted octanol–water partition coefficient (Wildman–Crippen LogP) is 1.98. The molecule has 7 nitrogen and oxygen atoms in total. The van der Waals surface area contributed by atoms with Gasteiger partial charge in [-0.15, -0.1) is 0 Å². The minimum Gasteiger partial charge on any atom is -0.343 e. The summed E-state index contributed by atoms with van der Waals surface area (Å²) in [6.45, 7) is 3.22. The number of likely N-dealkylation sites (tertiary alicyclic amines) is 1. The van der Waals surface area contributed by atoms with Crippen molar-refractivity contribution in [3.05, 3.63) is 53.4 Å². The van der Waals surface area contributed by atoms with Crippen LogP contribution in [0.4, 0.5) is 0 Å². The standard InChI is InChI=1S/C20H25N5O2/c1-14-22-16(12-18(23-14)19(26)24(2)3)11-15-7-6-10-25(13-15)20(27)17-8-4-5-9-21-17/h4-5,8-9,12,15H,6-7,10-11,13H2,1-3H3/t15-/m0/s1. The molecule has 1 aliphatic heterocycles. The van der Waals surface area contributed by atoms with E-state index in [0.29, 0.717) is 29.7 Å². The topological polar surface area (TPSA) is 79.3 Å². The molecule has 27 heavy (non-hydrogen) atoms. The van der Waals surface area contributed by atoms with Crippen molar-refractivity contribution in [2.45, 2.75) is 26.2 Å². The molecule has 0 aliphatic carbocycles. The molecule has 142 valence electrons. The molecule has 3 rings (SSSR count). The first-order valence-corrected chi connectivity index (χ1v) is 9.20. The lowest BCUT2D eigenvalue weighted by atomic mass is 9.93. The van der Waals surface area contributed by atoms with E-state index in [9.17, 15) is 9.59 Å². The first kappa shape index (κ1) is 18.9. The number of carbonyl (C=O) groups is 2. The second kappa shape index (κ2) is 8.24. The highest BCUT2D eigenvalue weighted by Crippen LogP contribution is 2.22. The molecule has 0 aromatic carbocycles. The summed E-state index contributed by atoms with van der Waals surface area (Å²) < 4.78 is 0. The van der Waals surface area contributed by atoms with Gasteiger partial charge in [0, 0.05) is 39.1 Å². The van der Waals surface area contributed by atoms with Crippen molar-refractivity contribution in [1.82, 2.24) is 24.8 Å². The zero-order valence-electron chi connectivity index (χ0n) is 16.1. The number of carbonyl (C=O) groups excluding carboxylic acids is 2. The number of aromatic nitrogens is 3. The Labute approximate surface area is 159 Å². The van der Waals surface area contributed by atoms with E-state index in [1.165, 1.54) is 4.90 Å². The second-order valence-corrected chi connectivity index (χ2v) is 7.17. The molecule has 0 unspecified atom stereocenters. The van der Waals surface area contributed by atoms with Gasteiger partial charge in [0.25, 0.3) is 11.8 Å². The lowest BCUT2D eigenvalue weighted by Crippen LogP contribution is -2.41. The van der Waals surface area contributed by atoms with Gasteiger partial charge in [-0.25, -0.2) is 9.97 Å². The van der Waals surface area contributed by atoms with Crippen LogP contribution < -0.4 is 0 Å². The van der Waals surface area contributed by atoms with Crippen molar-refractivity contribution >= 4 is 11.8 Å². The molecule has 2 aromatic heterocycles. The van der Waals surface area contributed by atoms with Crippen LogP contribution in [0.5, 0.6) is 0 Å². The fraction of sp³-hybridized carbons (Fsp3) is 0.450. The molecule has 1 atom stereocenters. The van der Waals surface area contributed by atoms with Crippen LogP contribution in [0.1, 0.15) is 45.3 Å². The molecule has 2 amide bonds. The van der Waals surface area contributed by atoms with E-state index in [-0.39, 0.29) is 11.8 Å². The summed E-state index contributed by atoms with van der Waals surface area (Å²) in [6, 6.07) is 7.15. The highest BCUT2D eigenvalue weighted by Gasteiger charge is 2.26. The van der Waals surface area contributed by atoms with Crippen LogP contribution in [0.3, 0.4) is 0 Å². The number of hydrogen-bond acceptors (Lipinski definition) is 5. The maximum atomic E-state index is 12.7. The Bertz CT molecular complexity index is 822. The number of pyridine rings is 1. The van der Waals surface area contributed by atoms with E-state index in [1.807, 2.05) is 11.0 Å². The number of hydrogen-bond donors (Lipinski definition) is 0. The predicted molar refractivity (Wildman–Crippen MR) is 101 cm³/mol. The van der Waals surface area contributed by atoms with E-state index in [1.54, 1.807) is 45.4 Å². The van der Waals surface area contributed by atoms with Gasteiger partial charge in [0.2, 0.25) is 0 Å². The summed E-state index contributed by atoms with van der Waals surface area (Å²) in [6.07, 6.45) is 4.35. The zero-order chi connectivity index (χ0) is 19.4. The quantitative estimate of drug-likeness (QED) is 0.825. The molecule has 1 aliphatic rings. The van der Waals surface area contributed by atoms with Crippen molar-refractivity contribution in [2.24, 2.45) is 5.92 Å². The highest BCUT2D eigenvalue weighted by atomic mass is 16.2. The van der Waals surface area contributed by atoms with Crippen LogP contribution in [-0.2, 0) is 6.42 Å². The molecular formula is C20H25N5O2. The van der Waals surface area contributed by atoms with Gasteiger partial charge in [-0.3, -0.25) is 14.6 Å². The average Bonchev–Trinajstić information content (AvgIpc) is 2.67. The summed E-state index contributed by atoms with van der Waals surface area (Å²) in [5.74, 6) is 0.748. The Kier molecular flexibility index (Phi) is 5.78. The molecular weight excluding hydrogens is 342 g/mol. The lowest BCUT2D eigenvalue weighted by molar-refractivity contribution is 0.0666. The maximum absolute atomic E-state index is 12.7. The van der Waals surface area contributed by atoms with Gasteiger partial charge < -0.3 is 9.80 Å². The fourth-order valence-electron chi connectivity index (χ4n) is 3.44. The van der Waals surface area contributed by atoms with Crippen LogP contribution in [0, 0.1) is 12.8 Å². The highest BCUT2D eigenvalue weighted by molar-refractivity contribution is 5.92. The van der Waals surface area contributed by atoms with Crippen molar-refractivity contribution in [1.29, 1.82) is 0 Å². The van der Waals surface area contributed by atoms with Gasteiger partial charge >= 0.3 is 0 Å². The van der Waals surface area contributed by atoms with Crippen LogP contribution in [0.15, 0.2) is 30.5 Å². The van der Waals surface area contributed by atoms with Crippen molar-refractivity contribution in [2.75, 3.05) is 27.2 Å². The number of aryl methyl sites for hydroxylation is 1. The molecule has 0 saturated carbocycles. The largest absolute Gasteiger partial charge is 0.343 e. The third-order valence-corrected chi connectivity index (χ3v) is 4.70. The lowest BCUT2D eigenvalue weighted by Gasteiger charge is -2.32. The van der Waals surface area contributed by atoms with Crippen LogP contribution in [0.25, 0.3) is 0 Å². The molecule has 1 fully saturated rings. The Hall–Kier alpha value is -2.83. The van der Waals surface area contributed by atoms with Crippen molar-refractivity contribution in [3.8, 4) is 0 Å². The number of nitrogens with zero attached hydrogens (tertiary/aromatic N) is 5. The van der Waals surface area contributed by atoms with E-state index >= 15 is 0 Å². The van der Waals surface area contributed by atoms with Gasteiger partial charge in [-0.1, -0.05) is 6.07 Å². The van der Waals surface area contributed by atoms with Crippen molar-refractivity contribution < 1.29 is 9.59 Å². The Morgan fingerprint density at radius 2 is 2.04 bits per heavy atom. The number of piperidine rings is 1. The molecule has 1 saturated heterocycles. The van der Waals surface area contributed by atoms with Gasteiger partial charge in [0.15, 0.2) is 0 Å². The van der Waals surface area contributed by atoms with Gasteiger partial charge in [-0.2, -0.15) is 0 Å². The molecule has 0 N–H and O–H groups in total. The monoisotopic (exact) mass is 367 g/mol. The third-order valence-electron chi connectivity index (χ3n) is 4.70. The maximum Gasteiger partial charge on any atom is 0.272 e. The van der Waals surface area contributed by atoms with Crippen LogP contribution >= 0.6 is 0 Å². The molecule has 0 spiro atoms. The van der Waals surface area contributed by atoms with Gasteiger partial charge in [0.1, 0.15) is 17.2 Å². The average molecular weight is 367 g/mol. The number of amides is 2. The Morgan fingerprint density at radius 1 is 1.22 bits per heavy atom. The van der Waals surface area contributed by atoms with Crippen LogP contribution in [0.2, 0.25) is 0 Å². The summed E-state index contributed by atoms with van der Waals surface area (Å²) in [7, 11) is 3.42. The third kappa shape index (κ3) is 4.67. The molecule has 0 bridgehead atoms. The normalized spacial score (nSPS) is 16.9. The van der Waals surface area contributed by atoms with Crippen LogP contribution in [-0.4, -0.2) is 63.8 Å². The zero-order valence-corrected chi connectivity index (χ0v) is 16.1.